The highest BCUT2D eigenvalue weighted by Gasteiger charge is 2.10. The highest BCUT2D eigenvalue weighted by Crippen LogP contribution is 2.31. The van der Waals surface area contributed by atoms with Crippen LogP contribution >= 0.6 is 11.6 Å². The largest absolute Gasteiger partial charge is 0.482 e. The summed E-state index contributed by atoms with van der Waals surface area (Å²) in [5, 5.41) is 2.14. The van der Waals surface area contributed by atoms with Crippen LogP contribution < -0.4 is 9.47 Å². The third-order valence-electron chi connectivity index (χ3n) is 3.22. The molecule has 0 spiro atoms. The lowest BCUT2D eigenvalue weighted by Gasteiger charge is -2.10. The van der Waals surface area contributed by atoms with Crippen molar-refractivity contribution in [3.63, 3.8) is 0 Å². The maximum atomic E-state index is 12.8. The van der Waals surface area contributed by atoms with Gasteiger partial charge in [0.25, 0.3) is 0 Å². The number of carbonyl (C=O) groups excluding carboxylic acids is 1. The molecule has 0 aliphatic rings. The van der Waals surface area contributed by atoms with Crippen molar-refractivity contribution in [2.24, 2.45) is 0 Å². The first-order valence-electron chi connectivity index (χ1n) is 6.90. The van der Waals surface area contributed by atoms with Crippen molar-refractivity contribution in [1.29, 1.82) is 0 Å². The van der Waals surface area contributed by atoms with Crippen LogP contribution in [-0.4, -0.2) is 12.6 Å². The molecule has 0 N–H and O–H groups in total. The summed E-state index contributed by atoms with van der Waals surface area (Å²) in [5.74, 6) is -0.114. The fourth-order valence-corrected chi connectivity index (χ4v) is 2.38. The van der Waals surface area contributed by atoms with Crippen LogP contribution in [0.5, 0.6) is 11.5 Å². The summed E-state index contributed by atoms with van der Waals surface area (Å²) in [6, 6.07) is 16.1. The molecule has 0 aromatic heterocycles. The maximum Gasteiger partial charge on any atom is 0.349 e. The zero-order valence-corrected chi connectivity index (χ0v) is 12.7. The van der Waals surface area contributed by atoms with Gasteiger partial charge in [0, 0.05) is 15.8 Å². The standard InChI is InChI=1S/C18H12ClFO3/c19-16-9-10-17(15-4-2-1-3-14(15)16)23-18(21)11-22-13-7-5-12(20)6-8-13/h1-10H,11H2. The number of halogens is 2. The van der Waals surface area contributed by atoms with Gasteiger partial charge in [-0.25, -0.2) is 9.18 Å². The smallest absolute Gasteiger partial charge is 0.349 e. The molecule has 0 atom stereocenters. The molecule has 0 fully saturated rings. The molecule has 3 aromatic rings. The number of ether oxygens (including phenoxy) is 2. The van der Waals surface area contributed by atoms with Crippen molar-refractivity contribution >= 4 is 28.3 Å². The molecule has 116 valence electrons. The molecular weight excluding hydrogens is 319 g/mol. The summed E-state index contributed by atoms with van der Waals surface area (Å²) in [7, 11) is 0. The number of hydrogen-bond donors (Lipinski definition) is 0. The van der Waals surface area contributed by atoms with E-state index in [4.69, 9.17) is 21.1 Å². The number of benzene rings is 3. The summed E-state index contributed by atoms with van der Waals surface area (Å²) < 4.78 is 23.4. The average Bonchev–Trinajstić information content (AvgIpc) is 2.57. The molecule has 23 heavy (non-hydrogen) atoms. The first kappa shape index (κ1) is 15.3. The lowest BCUT2D eigenvalue weighted by molar-refractivity contribution is -0.136. The van der Waals surface area contributed by atoms with E-state index >= 15 is 0 Å². The molecule has 5 heteroatoms. The fourth-order valence-electron chi connectivity index (χ4n) is 2.15. The Hall–Kier alpha value is -2.59. The summed E-state index contributed by atoms with van der Waals surface area (Å²) in [6.07, 6.45) is 0. The van der Waals surface area contributed by atoms with E-state index in [-0.39, 0.29) is 12.4 Å². The van der Waals surface area contributed by atoms with Crippen molar-refractivity contribution in [3.8, 4) is 11.5 Å². The van der Waals surface area contributed by atoms with Crippen LogP contribution in [0.3, 0.4) is 0 Å². The first-order valence-corrected chi connectivity index (χ1v) is 7.27. The van der Waals surface area contributed by atoms with Crippen molar-refractivity contribution in [1.82, 2.24) is 0 Å². The number of rotatable bonds is 4. The van der Waals surface area contributed by atoms with Crippen LogP contribution in [0.4, 0.5) is 4.39 Å². The van der Waals surface area contributed by atoms with Gasteiger partial charge in [-0.05, 0) is 36.4 Å². The van der Waals surface area contributed by atoms with Gasteiger partial charge < -0.3 is 9.47 Å². The first-order chi connectivity index (χ1) is 11.1. The summed E-state index contributed by atoms with van der Waals surface area (Å²) in [6.45, 7) is -0.275. The van der Waals surface area contributed by atoms with Crippen LogP contribution in [-0.2, 0) is 4.79 Å². The second kappa shape index (κ2) is 6.67. The Morgan fingerprint density at radius 2 is 1.65 bits per heavy atom. The Bertz CT molecular complexity index is 847. The molecule has 3 rings (SSSR count). The second-order valence-electron chi connectivity index (χ2n) is 4.81. The van der Waals surface area contributed by atoms with E-state index < -0.39 is 5.97 Å². The Balaban J connectivity index is 1.71. The lowest BCUT2D eigenvalue weighted by Crippen LogP contribution is -2.17. The monoisotopic (exact) mass is 330 g/mol. The van der Waals surface area contributed by atoms with Crippen LogP contribution in [0.25, 0.3) is 10.8 Å². The third kappa shape index (κ3) is 3.60. The van der Waals surface area contributed by atoms with Gasteiger partial charge in [0.2, 0.25) is 0 Å². The minimum absolute atomic E-state index is 0.275. The topological polar surface area (TPSA) is 35.5 Å². The Morgan fingerprint density at radius 1 is 0.957 bits per heavy atom. The van der Waals surface area contributed by atoms with Crippen molar-refractivity contribution < 1.29 is 18.7 Å². The van der Waals surface area contributed by atoms with Gasteiger partial charge in [0.05, 0.1) is 0 Å². The van der Waals surface area contributed by atoms with Crippen molar-refractivity contribution in [2.75, 3.05) is 6.61 Å². The van der Waals surface area contributed by atoms with E-state index in [9.17, 15) is 9.18 Å². The number of hydrogen-bond acceptors (Lipinski definition) is 3. The van der Waals surface area contributed by atoms with Crippen LogP contribution in [0, 0.1) is 5.82 Å². The number of fused-ring (bicyclic) bond motifs is 1. The predicted molar refractivity (Wildman–Crippen MR) is 86.5 cm³/mol. The summed E-state index contributed by atoms with van der Waals surface area (Å²) in [5.41, 5.74) is 0. The molecule has 0 amide bonds. The molecule has 3 aromatic carbocycles. The average molecular weight is 331 g/mol. The summed E-state index contributed by atoms with van der Waals surface area (Å²) >= 11 is 6.12. The van der Waals surface area contributed by atoms with Gasteiger partial charge in [-0.15, -0.1) is 0 Å². The van der Waals surface area contributed by atoms with Gasteiger partial charge in [-0.1, -0.05) is 35.9 Å². The normalized spacial score (nSPS) is 10.5. The van der Waals surface area contributed by atoms with Crippen molar-refractivity contribution in [3.05, 3.63) is 71.5 Å². The molecule has 0 saturated heterocycles. The molecule has 0 heterocycles. The van der Waals surface area contributed by atoms with E-state index in [1.54, 1.807) is 12.1 Å². The van der Waals surface area contributed by atoms with E-state index in [0.717, 1.165) is 10.8 Å². The molecule has 0 radical (unpaired) electrons. The van der Waals surface area contributed by atoms with Crippen molar-refractivity contribution in [2.45, 2.75) is 0 Å². The van der Waals surface area contributed by atoms with E-state index in [2.05, 4.69) is 0 Å². The lowest BCUT2D eigenvalue weighted by atomic mass is 10.1. The number of esters is 1. The van der Waals surface area contributed by atoms with E-state index in [1.165, 1.54) is 24.3 Å². The van der Waals surface area contributed by atoms with Gasteiger partial charge in [-0.3, -0.25) is 0 Å². The van der Waals surface area contributed by atoms with Gasteiger partial charge >= 0.3 is 5.97 Å². The van der Waals surface area contributed by atoms with Crippen LogP contribution in [0.15, 0.2) is 60.7 Å². The van der Waals surface area contributed by atoms with Gasteiger partial charge in [-0.2, -0.15) is 0 Å². The minimum atomic E-state index is -0.554. The van der Waals surface area contributed by atoms with Crippen LogP contribution in [0.1, 0.15) is 0 Å². The highest BCUT2D eigenvalue weighted by atomic mass is 35.5. The molecule has 0 unspecified atom stereocenters. The quantitative estimate of drug-likeness (QED) is 0.517. The third-order valence-corrected chi connectivity index (χ3v) is 3.55. The predicted octanol–water partition coefficient (Wildman–Crippen LogP) is 4.62. The van der Waals surface area contributed by atoms with Gasteiger partial charge in [0.15, 0.2) is 6.61 Å². The maximum absolute atomic E-state index is 12.8. The van der Waals surface area contributed by atoms with Crippen LogP contribution in [0.2, 0.25) is 5.02 Å². The SMILES string of the molecule is O=C(COc1ccc(F)cc1)Oc1ccc(Cl)c2ccccc12. The van der Waals surface area contributed by atoms with E-state index in [0.29, 0.717) is 16.5 Å². The molecule has 3 nitrogen and oxygen atoms in total. The zero-order chi connectivity index (χ0) is 16.2. The minimum Gasteiger partial charge on any atom is -0.482 e. The molecular formula is C18H12ClFO3. The fraction of sp³-hybridized carbons (Fsp3) is 0.0556. The number of carbonyl (C=O) groups is 1. The Labute approximate surface area is 137 Å². The zero-order valence-electron chi connectivity index (χ0n) is 12.0. The Kier molecular flexibility index (Phi) is 4.44. The highest BCUT2D eigenvalue weighted by molar-refractivity contribution is 6.35. The van der Waals surface area contributed by atoms with Gasteiger partial charge in [0.1, 0.15) is 17.3 Å². The molecule has 0 bridgehead atoms. The molecule has 0 aliphatic heterocycles. The Morgan fingerprint density at radius 3 is 2.39 bits per heavy atom. The molecule has 0 saturated carbocycles. The summed E-state index contributed by atoms with van der Waals surface area (Å²) in [4.78, 5) is 11.9. The molecule has 0 aliphatic carbocycles. The second-order valence-corrected chi connectivity index (χ2v) is 5.21. The van der Waals surface area contributed by atoms with E-state index in [1.807, 2.05) is 24.3 Å².